The van der Waals surface area contributed by atoms with Gasteiger partial charge in [-0.2, -0.15) is 5.26 Å². The van der Waals surface area contributed by atoms with Crippen LogP contribution in [-0.4, -0.2) is 15.8 Å². The van der Waals surface area contributed by atoms with E-state index in [1.54, 1.807) is 6.07 Å². The summed E-state index contributed by atoms with van der Waals surface area (Å²) < 4.78 is 5.58. The topological polar surface area (TPSA) is 152 Å². The van der Waals surface area contributed by atoms with Crippen LogP contribution in [0.15, 0.2) is 58.5 Å². The van der Waals surface area contributed by atoms with Gasteiger partial charge in [0, 0.05) is 35.9 Å². The van der Waals surface area contributed by atoms with Crippen LogP contribution in [0.4, 0.5) is 17.1 Å². The fourth-order valence-corrected chi connectivity index (χ4v) is 3.03. The summed E-state index contributed by atoms with van der Waals surface area (Å²) in [6.07, 6.45) is 1.16. The smallest absolute Gasteiger partial charge is 0.271 e. The summed E-state index contributed by atoms with van der Waals surface area (Å²) in [7, 11) is 0. The number of nitriles is 1. The van der Waals surface area contributed by atoms with Gasteiger partial charge in [0.2, 0.25) is 0 Å². The molecule has 0 atom stereocenters. The average Bonchev–Trinajstić information content (AvgIpc) is 3.21. The van der Waals surface area contributed by atoms with E-state index in [4.69, 9.17) is 27.6 Å². The van der Waals surface area contributed by atoms with Crippen molar-refractivity contribution in [2.45, 2.75) is 0 Å². The Morgan fingerprint density at radius 1 is 1.00 bits per heavy atom. The van der Waals surface area contributed by atoms with Crippen molar-refractivity contribution in [2.75, 3.05) is 5.32 Å². The minimum atomic E-state index is -0.860. The van der Waals surface area contributed by atoms with Gasteiger partial charge in [0.15, 0.2) is 0 Å². The van der Waals surface area contributed by atoms with E-state index in [-0.39, 0.29) is 44.2 Å². The van der Waals surface area contributed by atoms with Crippen molar-refractivity contribution in [3.8, 4) is 17.4 Å². The van der Waals surface area contributed by atoms with Crippen LogP contribution in [0.5, 0.6) is 0 Å². The molecule has 1 aromatic heterocycles. The van der Waals surface area contributed by atoms with E-state index in [2.05, 4.69) is 5.32 Å². The summed E-state index contributed by atoms with van der Waals surface area (Å²) in [5.74, 6) is -0.469. The molecule has 0 spiro atoms. The molecule has 0 fully saturated rings. The average molecular weight is 473 g/mol. The minimum absolute atomic E-state index is 0.0372. The molecule has 1 amide bonds. The molecule has 0 radical (unpaired) electrons. The second-order valence-corrected chi connectivity index (χ2v) is 6.98. The first-order valence-electron chi connectivity index (χ1n) is 8.61. The lowest BCUT2D eigenvalue weighted by Gasteiger charge is -2.06. The maximum atomic E-state index is 12.5. The minimum Gasteiger partial charge on any atom is -0.457 e. The molecule has 3 rings (SSSR count). The van der Waals surface area contributed by atoms with Crippen LogP contribution in [0.3, 0.4) is 0 Å². The Labute approximate surface area is 189 Å². The number of hydrogen-bond acceptors (Lipinski definition) is 7. The SMILES string of the molecule is N#C/C(=C\c1ccc(-c2ccc([N+](=O)[O-])cc2Cl)o1)C(=O)Nc1cc([N+](=O)[O-])ccc1Cl. The van der Waals surface area contributed by atoms with Gasteiger partial charge >= 0.3 is 0 Å². The molecule has 0 aliphatic rings. The second-order valence-electron chi connectivity index (χ2n) is 6.17. The van der Waals surface area contributed by atoms with Gasteiger partial charge in [0.25, 0.3) is 17.3 Å². The van der Waals surface area contributed by atoms with E-state index in [0.717, 1.165) is 12.1 Å². The molecule has 3 aromatic rings. The Hall–Kier alpha value is -4.20. The molecule has 1 heterocycles. The molecule has 0 saturated carbocycles. The molecule has 10 nitrogen and oxygen atoms in total. The van der Waals surface area contributed by atoms with E-state index in [0.29, 0.717) is 5.56 Å². The summed E-state index contributed by atoms with van der Waals surface area (Å²) in [5.41, 5.74) is -0.493. The lowest BCUT2D eigenvalue weighted by atomic mass is 10.1. The third kappa shape index (κ3) is 4.92. The molecule has 0 bridgehead atoms. The largest absolute Gasteiger partial charge is 0.457 e. The standard InChI is InChI=1S/C20H10Cl2N4O6/c21-16-5-2-13(26(30)31)9-18(16)24-20(27)11(10-23)7-14-3-6-19(32-14)15-4-1-12(25(28)29)8-17(15)22/h1-9H,(H,24,27)/b11-7+. The highest BCUT2D eigenvalue weighted by molar-refractivity contribution is 6.34. The number of rotatable bonds is 6. The maximum absolute atomic E-state index is 12.5. The number of anilines is 1. The molecule has 0 aliphatic carbocycles. The number of nitrogens with one attached hydrogen (secondary N) is 1. The van der Waals surface area contributed by atoms with Crippen LogP contribution in [0.25, 0.3) is 17.4 Å². The van der Waals surface area contributed by atoms with Gasteiger partial charge in [-0.1, -0.05) is 23.2 Å². The third-order valence-corrected chi connectivity index (χ3v) is 4.76. The van der Waals surface area contributed by atoms with Crippen molar-refractivity contribution in [1.29, 1.82) is 5.26 Å². The number of carbonyl (C=O) groups excluding carboxylic acids is 1. The molecule has 1 N–H and O–H groups in total. The summed E-state index contributed by atoms with van der Waals surface area (Å²) in [6, 6.07) is 12.0. The third-order valence-electron chi connectivity index (χ3n) is 4.12. The van der Waals surface area contributed by atoms with Crippen molar-refractivity contribution in [1.82, 2.24) is 0 Å². The van der Waals surface area contributed by atoms with Gasteiger partial charge in [0.1, 0.15) is 23.2 Å². The van der Waals surface area contributed by atoms with E-state index in [9.17, 15) is 30.3 Å². The van der Waals surface area contributed by atoms with Gasteiger partial charge < -0.3 is 9.73 Å². The predicted octanol–water partition coefficient (Wildman–Crippen LogP) is 5.62. The Bertz CT molecular complexity index is 1330. The highest BCUT2D eigenvalue weighted by atomic mass is 35.5. The van der Waals surface area contributed by atoms with Gasteiger partial charge in [-0.25, -0.2) is 0 Å². The number of amides is 1. The van der Waals surface area contributed by atoms with E-state index < -0.39 is 15.8 Å². The molecule has 32 heavy (non-hydrogen) atoms. The number of furan rings is 1. The first-order valence-corrected chi connectivity index (χ1v) is 9.36. The second kappa shape index (κ2) is 9.30. The van der Waals surface area contributed by atoms with Crippen LogP contribution in [0, 0.1) is 31.6 Å². The number of halogens is 2. The molecular formula is C20H10Cl2N4O6. The van der Waals surface area contributed by atoms with Crippen LogP contribution >= 0.6 is 23.2 Å². The molecular weight excluding hydrogens is 463 g/mol. The van der Waals surface area contributed by atoms with Crippen molar-refractivity contribution in [3.05, 3.63) is 90.1 Å². The van der Waals surface area contributed by atoms with Gasteiger partial charge in [-0.05, 0) is 24.3 Å². The van der Waals surface area contributed by atoms with Crippen molar-refractivity contribution in [2.24, 2.45) is 0 Å². The van der Waals surface area contributed by atoms with Gasteiger partial charge in [0.05, 0.1) is 25.6 Å². The first kappa shape index (κ1) is 22.5. The summed E-state index contributed by atoms with van der Waals surface area (Å²) in [4.78, 5) is 33.0. The van der Waals surface area contributed by atoms with Crippen molar-refractivity contribution < 1.29 is 19.1 Å². The van der Waals surface area contributed by atoms with Crippen molar-refractivity contribution >= 4 is 52.2 Å². The number of nitro groups is 2. The van der Waals surface area contributed by atoms with E-state index in [1.807, 2.05) is 0 Å². The Kier molecular flexibility index (Phi) is 6.53. The number of benzene rings is 2. The normalized spacial score (nSPS) is 11.0. The zero-order valence-electron chi connectivity index (χ0n) is 15.7. The van der Waals surface area contributed by atoms with Crippen LogP contribution in [0.1, 0.15) is 5.76 Å². The van der Waals surface area contributed by atoms with Gasteiger partial charge in [-0.3, -0.25) is 25.0 Å². The highest BCUT2D eigenvalue weighted by Crippen LogP contribution is 2.33. The summed E-state index contributed by atoms with van der Waals surface area (Å²) in [6.45, 7) is 0. The maximum Gasteiger partial charge on any atom is 0.271 e. The van der Waals surface area contributed by atoms with Crippen LogP contribution in [0.2, 0.25) is 10.0 Å². The fraction of sp³-hybridized carbons (Fsp3) is 0. The first-order chi connectivity index (χ1) is 15.2. The lowest BCUT2D eigenvalue weighted by molar-refractivity contribution is -0.385. The fourth-order valence-electron chi connectivity index (χ4n) is 2.60. The monoisotopic (exact) mass is 472 g/mol. The quantitative estimate of drug-likeness (QED) is 0.211. The Morgan fingerprint density at radius 3 is 2.28 bits per heavy atom. The molecule has 2 aromatic carbocycles. The predicted molar refractivity (Wildman–Crippen MR) is 116 cm³/mol. The zero-order chi connectivity index (χ0) is 23.4. The van der Waals surface area contributed by atoms with E-state index in [1.165, 1.54) is 42.5 Å². The number of hydrogen-bond donors (Lipinski definition) is 1. The number of nitro benzene ring substituents is 2. The molecule has 0 unspecified atom stereocenters. The molecule has 12 heteroatoms. The molecule has 0 aliphatic heterocycles. The zero-order valence-corrected chi connectivity index (χ0v) is 17.3. The van der Waals surface area contributed by atoms with E-state index >= 15 is 0 Å². The van der Waals surface area contributed by atoms with Gasteiger partial charge in [-0.15, -0.1) is 0 Å². The Balaban J connectivity index is 1.85. The lowest BCUT2D eigenvalue weighted by Crippen LogP contribution is -2.13. The van der Waals surface area contributed by atoms with Crippen molar-refractivity contribution in [3.63, 3.8) is 0 Å². The summed E-state index contributed by atoms with van der Waals surface area (Å²) in [5, 5.41) is 33.6. The Morgan fingerprint density at radius 2 is 1.66 bits per heavy atom. The molecule has 160 valence electrons. The number of non-ortho nitro benzene ring substituents is 2. The number of nitrogens with zero attached hydrogens (tertiary/aromatic N) is 3. The summed E-state index contributed by atoms with van der Waals surface area (Å²) >= 11 is 12.0. The molecule has 0 saturated heterocycles. The highest BCUT2D eigenvalue weighted by Gasteiger charge is 2.17. The van der Waals surface area contributed by atoms with Crippen LogP contribution in [-0.2, 0) is 4.79 Å². The number of carbonyl (C=O) groups is 1. The van der Waals surface area contributed by atoms with Crippen LogP contribution < -0.4 is 5.32 Å².